The molecule has 25 heavy (non-hydrogen) atoms. The summed E-state index contributed by atoms with van der Waals surface area (Å²) in [5.74, 6) is 0.868. The molecule has 0 unspecified atom stereocenters. The summed E-state index contributed by atoms with van der Waals surface area (Å²) in [5, 5.41) is 0. The quantitative estimate of drug-likeness (QED) is 0.719. The van der Waals surface area contributed by atoms with Crippen LogP contribution >= 0.6 is 0 Å². The van der Waals surface area contributed by atoms with Gasteiger partial charge >= 0.3 is 0 Å². The molecule has 0 bridgehead atoms. The largest absolute Gasteiger partial charge is 0.489 e. The van der Waals surface area contributed by atoms with Crippen LogP contribution in [0.4, 0.5) is 5.82 Å². The van der Waals surface area contributed by atoms with Crippen LogP contribution in [0.5, 0.6) is 11.6 Å². The van der Waals surface area contributed by atoms with Gasteiger partial charge in [0, 0.05) is 5.56 Å². The standard InChI is InChI=1S/C16H15N3O5S/c1-22-14-15(17-10-18-16(14)23-2)19-25(20,21)12-7-5-11(6-8-12)13-4-3-9-24-13/h3-10H,1-2H3,(H,17,18,19). The third kappa shape index (κ3) is 3.41. The highest BCUT2D eigenvalue weighted by Crippen LogP contribution is 2.32. The van der Waals surface area contributed by atoms with Crippen LogP contribution < -0.4 is 14.2 Å². The second kappa shape index (κ2) is 6.81. The third-order valence-electron chi connectivity index (χ3n) is 3.37. The summed E-state index contributed by atoms with van der Waals surface area (Å²) in [6, 6.07) is 9.82. The van der Waals surface area contributed by atoms with Crippen LogP contribution in [0.25, 0.3) is 11.3 Å². The summed E-state index contributed by atoms with van der Waals surface area (Å²) in [6.07, 6.45) is 2.73. The molecule has 1 N–H and O–H groups in total. The molecule has 0 amide bonds. The number of nitrogens with zero attached hydrogens (tertiary/aromatic N) is 2. The van der Waals surface area contributed by atoms with Gasteiger partial charge in [-0.2, -0.15) is 4.98 Å². The van der Waals surface area contributed by atoms with Crippen molar-refractivity contribution in [2.75, 3.05) is 18.9 Å². The molecule has 0 aliphatic carbocycles. The SMILES string of the molecule is COc1ncnc(NS(=O)(=O)c2ccc(-c3ccco3)cc2)c1OC. The highest BCUT2D eigenvalue weighted by atomic mass is 32.2. The van der Waals surface area contributed by atoms with Crippen molar-refractivity contribution in [1.29, 1.82) is 0 Å². The number of sulfonamides is 1. The minimum absolute atomic E-state index is 0.00976. The number of furan rings is 1. The molecule has 0 aliphatic heterocycles. The Morgan fingerprint density at radius 2 is 1.80 bits per heavy atom. The van der Waals surface area contributed by atoms with Crippen LogP contribution in [-0.2, 0) is 10.0 Å². The molecule has 2 heterocycles. The highest BCUT2D eigenvalue weighted by Gasteiger charge is 2.20. The molecule has 9 heteroatoms. The van der Waals surface area contributed by atoms with E-state index in [-0.39, 0.29) is 22.3 Å². The third-order valence-corrected chi connectivity index (χ3v) is 4.72. The van der Waals surface area contributed by atoms with Crippen molar-refractivity contribution in [3.05, 3.63) is 49.0 Å². The number of benzene rings is 1. The molecule has 0 atom stereocenters. The number of aromatic nitrogens is 2. The predicted molar refractivity (Wildman–Crippen MR) is 90.1 cm³/mol. The van der Waals surface area contributed by atoms with E-state index in [1.807, 2.05) is 0 Å². The Balaban J connectivity index is 1.90. The van der Waals surface area contributed by atoms with Crippen molar-refractivity contribution in [3.8, 4) is 23.0 Å². The molecule has 3 aromatic rings. The maximum atomic E-state index is 12.6. The molecule has 0 spiro atoms. The smallest absolute Gasteiger partial charge is 0.263 e. The second-order valence-electron chi connectivity index (χ2n) is 4.87. The van der Waals surface area contributed by atoms with Crippen molar-refractivity contribution >= 4 is 15.8 Å². The number of rotatable bonds is 6. The van der Waals surface area contributed by atoms with Crippen LogP contribution in [0.15, 0.2) is 58.3 Å². The van der Waals surface area contributed by atoms with E-state index in [4.69, 9.17) is 13.9 Å². The minimum Gasteiger partial charge on any atom is -0.489 e. The van der Waals surface area contributed by atoms with Gasteiger partial charge in [-0.1, -0.05) is 0 Å². The van der Waals surface area contributed by atoms with Crippen molar-refractivity contribution in [3.63, 3.8) is 0 Å². The number of hydrogen-bond acceptors (Lipinski definition) is 7. The fraction of sp³-hybridized carbons (Fsp3) is 0.125. The van der Waals surface area contributed by atoms with Crippen molar-refractivity contribution in [1.82, 2.24) is 9.97 Å². The first-order chi connectivity index (χ1) is 12.0. The number of ether oxygens (including phenoxy) is 2. The van der Waals surface area contributed by atoms with Gasteiger partial charge in [-0.3, -0.25) is 4.72 Å². The lowest BCUT2D eigenvalue weighted by Crippen LogP contribution is -2.15. The van der Waals surface area contributed by atoms with Crippen molar-refractivity contribution in [2.24, 2.45) is 0 Å². The molecule has 3 rings (SSSR count). The fourth-order valence-corrected chi connectivity index (χ4v) is 3.20. The Labute approximate surface area is 144 Å². The maximum Gasteiger partial charge on any atom is 0.263 e. The molecule has 0 radical (unpaired) electrons. The summed E-state index contributed by atoms with van der Waals surface area (Å²) in [7, 11) is -1.09. The van der Waals surface area contributed by atoms with E-state index in [0.717, 1.165) is 5.56 Å². The molecule has 0 saturated carbocycles. The van der Waals surface area contributed by atoms with E-state index in [1.165, 1.54) is 32.7 Å². The first kappa shape index (κ1) is 16.8. The van der Waals surface area contributed by atoms with Crippen LogP contribution in [0.2, 0.25) is 0 Å². The van der Waals surface area contributed by atoms with Crippen LogP contribution in [0.3, 0.4) is 0 Å². The molecule has 0 saturated heterocycles. The maximum absolute atomic E-state index is 12.6. The Kier molecular flexibility index (Phi) is 4.57. The first-order valence-electron chi connectivity index (χ1n) is 7.15. The summed E-state index contributed by atoms with van der Waals surface area (Å²) < 4.78 is 43.0. The highest BCUT2D eigenvalue weighted by molar-refractivity contribution is 7.92. The predicted octanol–water partition coefficient (Wildman–Crippen LogP) is 2.55. The van der Waals surface area contributed by atoms with E-state index in [2.05, 4.69) is 14.7 Å². The molecule has 1 aromatic carbocycles. The molecule has 130 valence electrons. The van der Waals surface area contributed by atoms with Crippen LogP contribution in [0, 0.1) is 0 Å². The van der Waals surface area contributed by atoms with Gasteiger partial charge in [-0.05, 0) is 36.4 Å². The number of nitrogens with one attached hydrogen (secondary N) is 1. The lowest BCUT2D eigenvalue weighted by molar-refractivity contribution is 0.342. The zero-order valence-electron chi connectivity index (χ0n) is 13.5. The molecule has 0 fully saturated rings. The van der Waals surface area contributed by atoms with Gasteiger partial charge in [0.05, 0.1) is 25.4 Å². The van der Waals surface area contributed by atoms with E-state index in [0.29, 0.717) is 5.76 Å². The zero-order valence-corrected chi connectivity index (χ0v) is 14.3. The number of methoxy groups -OCH3 is 2. The lowest BCUT2D eigenvalue weighted by atomic mass is 10.2. The van der Waals surface area contributed by atoms with Crippen LogP contribution in [-0.4, -0.2) is 32.6 Å². The molecule has 2 aromatic heterocycles. The first-order valence-corrected chi connectivity index (χ1v) is 8.63. The fourth-order valence-electron chi connectivity index (χ4n) is 2.19. The normalized spacial score (nSPS) is 11.1. The Bertz CT molecular complexity index is 954. The van der Waals surface area contributed by atoms with E-state index < -0.39 is 10.0 Å². The van der Waals surface area contributed by atoms with Gasteiger partial charge in [-0.25, -0.2) is 13.4 Å². The van der Waals surface area contributed by atoms with Crippen molar-refractivity contribution < 1.29 is 22.3 Å². The molecule has 0 aliphatic rings. The van der Waals surface area contributed by atoms with E-state index in [1.54, 1.807) is 30.5 Å². The average molecular weight is 361 g/mol. The average Bonchev–Trinajstić information content (AvgIpc) is 3.16. The summed E-state index contributed by atoms with van der Waals surface area (Å²) in [4.78, 5) is 7.85. The van der Waals surface area contributed by atoms with Gasteiger partial charge in [-0.15, -0.1) is 0 Å². The number of hydrogen-bond donors (Lipinski definition) is 1. The summed E-state index contributed by atoms with van der Waals surface area (Å²) >= 11 is 0. The summed E-state index contributed by atoms with van der Waals surface area (Å²) in [5.41, 5.74) is 0.769. The molecular weight excluding hydrogens is 346 g/mol. The van der Waals surface area contributed by atoms with Crippen molar-refractivity contribution in [2.45, 2.75) is 4.90 Å². The Morgan fingerprint density at radius 3 is 2.40 bits per heavy atom. The van der Waals surface area contributed by atoms with Crippen LogP contribution in [0.1, 0.15) is 0 Å². The lowest BCUT2D eigenvalue weighted by Gasteiger charge is -2.12. The Hall–Kier alpha value is -3.07. The number of anilines is 1. The molecular formula is C16H15N3O5S. The van der Waals surface area contributed by atoms with E-state index >= 15 is 0 Å². The van der Waals surface area contributed by atoms with E-state index in [9.17, 15) is 8.42 Å². The topological polar surface area (TPSA) is 104 Å². The monoisotopic (exact) mass is 361 g/mol. The van der Waals surface area contributed by atoms with Gasteiger partial charge in [0.2, 0.25) is 5.75 Å². The van der Waals surface area contributed by atoms with Gasteiger partial charge in [0.1, 0.15) is 12.1 Å². The zero-order chi connectivity index (χ0) is 17.9. The minimum atomic E-state index is -3.86. The Morgan fingerprint density at radius 1 is 1.04 bits per heavy atom. The molecule has 8 nitrogen and oxygen atoms in total. The second-order valence-corrected chi connectivity index (χ2v) is 6.55. The van der Waals surface area contributed by atoms with Gasteiger partial charge in [0.15, 0.2) is 5.82 Å². The van der Waals surface area contributed by atoms with Gasteiger partial charge in [0.25, 0.3) is 15.9 Å². The van der Waals surface area contributed by atoms with Gasteiger partial charge < -0.3 is 13.9 Å². The summed E-state index contributed by atoms with van der Waals surface area (Å²) in [6.45, 7) is 0.